The number of halogens is 1. The predicted octanol–water partition coefficient (Wildman–Crippen LogP) is 3.40. The second kappa shape index (κ2) is 8.03. The van der Waals surface area contributed by atoms with Gasteiger partial charge in [0.1, 0.15) is 5.75 Å². The molecule has 27 heavy (non-hydrogen) atoms. The van der Waals surface area contributed by atoms with Crippen LogP contribution in [0.3, 0.4) is 0 Å². The normalized spacial score (nSPS) is 11.3. The molecule has 0 radical (unpaired) electrons. The van der Waals surface area contributed by atoms with E-state index in [0.29, 0.717) is 25.8 Å². The number of carbonyl (C=O) groups excluding carboxylic acids is 1. The van der Waals surface area contributed by atoms with Gasteiger partial charge in [0, 0.05) is 17.2 Å². The number of nitrogens with zero attached hydrogens (tertiary/aromatic N) is 3. The lowest BCUT2D eigenvalue weighted by Crippen LogP contribution is -2.19. The van der Waals surface area contributed by atoms with Gasteiger partial charge < -0.3 is 9.30 Å². The molecular formula is C18H12ClN3O4S. The van der Waals surface area contributed by atoms with Gasteiger partial charge in [-0.25, -0.2) is 0 Å². The van der Waals surface area contributed by atoms with Crippen LogP contribution in [0.15, 0.2) is 47.5 Å². The number of fused-ring (bicyclic) bond motifs is 1. The Morgan fingerprint density at radius 2 is 2.07 bits per heavy atom. The van der Waals surface area contributed by atoms with Crippen molar-refractivity contribution in [3.05, 3.63) is 62.4 Å². The predicted molar refractivity (Wildman–Crippen MR) is 103 cm³/mol. The Bertz CT molecular complexity index is 1130. The Balaban J connectivity index is 1.90. The van der Waals surface area contributed by atoms with Crippen molar-refractivity contribution in [2.24, 2.45) is 4.99 Å². The minimum absolute atomic E-state index is 0.0412. The molecule has 9 heteroatoms. The molecule has 0 saturated carbocycles. The van der Waals surface area contributed by atoms with E-state index in [1.807, 2.05) is 0 Å². The van der Waals surface area contributed by atoms with Crippen LogP contribution in [-0.4, -0.2) is 22.0 Å². The summed E-state index contributed by atoms with van der Waals surface area (Å²) in [7, 11) is 0. The van der Waals surface area contributed by atoms with Crippen molar-refractivity contribution < 1.29 is 14.5 Å². The van der Waals surface area contributed by atoms with E-state index in [0.717, 1.165) is 11.3 Å². The molecule has 0 fully saturated rings. The van der Waals surface area contributed by atoms with Gasteiger partial charge in [-0.3, -0.25) is 14.9 Å². The number of thiazole rings is 1. The second-order valence-electron chi connectivity index (χ2n) is 5.33. The summed E-state index contributed by atoms with van der Waals surface area (Å²) >= 11 is 6.95. The number of terminal acetylenes is 1. The molecule has 3 rings (SSSR count). The van der Waals surface area contributed by atoms with Gasteiger partial charge >= 0.3 is 0 Å². The molecule has 0 atom stereocenters. The van der Waals surface area contributed by atoms with E-state index in [2.05, 4.69) is 10.9 Å². The Kier molecular flexibility index (Phi) is 5.54. The average Bonchev–Trinajstić information content (AvgIpc) is 2.98. The molecule has 7 nitrogen and oxygen atoms in total. The largest absolute Gasteiger partial charge is 0.484 e. The summed E-state index contributed by atoms with van der Waals surface area (Å²) in [6.45, 7) is -0.0754. The van der Waals surface area contributed by atoms with E-state index in [9.17, 15) is 14.9 Å². The van der Waals surface area contributed by atoms with Crippen LogP contribution in [0.4, 0.5) is 5.69 Å². The first-order valence-electron chi connectivity index (χ1n) is 7.65. The highest BCUT2D eigenvalue weighted by atomic mass is 35.5. The molecule has 0 N–H and O–H groups in total. The van der Waals surface area contributed by atoms with Gasteiger partial charge in [-0.1, -0.05) is 28.9 Å². The summed E-state index contributed by atoms with van der Waals surface area (Å²) in [6.07, 6.45) is 5.40. The smallest absolute Gasteiger partial charge is 0.286 e. The van der Waals surface area contributed by atoms with Crippen LogP contribution in [0, 0.1) is 22.5 Å². The number of hydrogen-bond donors (Lipinski definition) is 0. The van der Waals surface area contributed by atoms with Crippen molar-refractivity contribution in [1.82, 2.24) is 4.57 Å². The number of benzene rings is 2. The third-order valence-corrected chi connectivity index (χ3v) is 4.82. The zero-order valence-corrected chi connectivity index (χ0v) is 15.4. The molecule has 0 unspecified atom stereocenters. The van der Waals surface area contributed by atoms with Gasteiger partial charge in [0.25, 0.3) is 11.6 Å². The van der Waals surface area contributed by atoms with Gasteiger partial charge in [-0.05, 0) is 30.3 Å². The first-order chi connectivity index (χ1) is 13.0. The van der Waals surface area contributed by atoms with E-state index >= 15 is 0 Å². The molecule has 1 heterocycles. The van der Waals surface area contributed by atoms with Crippen molar-refractivity contribution >= 4 is 44.7 Å². The molecule has 0 bridgehead atoms. The van der Waals surface area contributed by atoms with Crippen LogP contribution in [0.1, 0.15) is 0 Å². The van der Waals surface area contributed by atoms with Gasteiger partial charge in [0.05, 0.1) is 21.7 Å². The van der Waals surface area contributed by atoms with Crippen LogP contribution < -0.4 is 9.54 Å². The molecule has 136 valence electrons. The van der Waals surface area contributed by atoms with Crippen molar-refractivity contribution in [2.45, 2.75) is 6.54 Å². The topological polar surface area (TPSA) is 86.7 Å². The fraction of sp³-hybridized carbons (Fsp3) is 0.111. The number of non-ortho nitro benzene ring substituents is 1. The summed E-state index contributed by atoms with van der Waals surface area (Å²) in [6, 6.07) is 11.0. The van der Waals surface area contributed by atoms with Gasteiger partial charge in [0.15, 0.2) is 11.4 Å². The van der Waals surface area contributed by atoms with Crippen LogP contribution in [-0.2, 0) is 11.3 Å². The number of rotatable bonds is 5. The van der Waals surface area contributed by atoms with E-state index in [1.54, 1.807) is 34.9 Å². The number of amides is 1. The van der Waals surface area contributed by atoms with Crippen molar-refractivity contribution in [3.63, 3.8) is 0 Å². The minimum Gasteiger partial charge on any atom is -0.484 e. The van der Waals surface area contributed by atoms with Crippen LogP contribution in [0.25, 0.3) is 10.2 Å². The quantitative estimate of drug-likeness (QED) is 0.372. The molecule has 0 saturated heterocycles. The monoisotopic (exact) mass is 401 g/mol. The van der Waals surface area contributed by atoms with E-state index in [-0.39, 0.29) is 18.8 Å². The third-order valence-electron chi connectivity index (χ3n) is 3.52. The number of nitro groups is 1. The molecule has 2 aromatic carbocycles. The maximum Gasteiger partial charge on any atom is 0.286 e. The Labute approximate surface area is 162 Å². The molecule has 1 aromatic heterocycles. The summed E-state index contributed by atoms with van der Waals surface area (Å²) in [5.41, 5.74) is 0.634. The second-order valence-corrected chi connectivity index (χ2v) is 6.78. The molecule has 0 spiro atoms. The standard InChI is InChI=1S/C18H12ClN3O4S/c1-2-9-21-15-8-5-13(22(24)25)10-16(15)27-18(21)20-17(23)11-26-14-6-3-12(19)4-7-14/h1,3-8,10H,9,11H2. The first-order valence-corrected chi connectivity index (χ1v) is 8.84. The van der Waals surface area contributed by atoms with Crippen molar-refractivity contribution in [1.29, 1.82) is 0 Å². The summed E-state index contributed by atoms with van der Waals surface area (Å²) in [5.74, 6) is 2.49. The average molecular weight is 402 g/mol. The third kappa shape index (κ3) is 4.34. The lowest BCUT2D eigenvalue weighted by molar-refractivity contribution is -0.384. The lowest BCUT2D eigenvalue weighted by atomic mass is 10.3. The maximum atomic E-state index is 12.2. The number of carbonyl (C=O) groups is 1. The van der Waals surface area contributed by atoms with Gasteiger partial charge in [-0.2, -0.15) is 4.99 Å². The fourth-order valence-corrected chi connectivity index (χ4v) is 3.53. The summed E-state index contributed by atoms with van der Waals surface area (Å²) in [5, 5.41) is 11.5. The van der Waals surface area contributed by atoms with Gasteiger partial charge in [0.2, 0.25) is 0 Å². The molecule has 0 aliphatic carbocycles. The van der Waals surface area contributed by atoms with E-state index in [1.165, 1.54) is 12.1 Å². The summed E-state index contributed by atoms with van der Waals surface area (Å²) in [4.78, 5) is 27.0. The Morgan fingerprint density at radius 1 is 1.33 bits per heavy atom. The molecule has 0 aliphatic rings. The Hall–Kier alpha value is -3.15. The maximum absolute atomic E-state index is 12.2. The Morgan fingerprint density at radius 3 is 2.74 bits per heavy atom. The summed E-state index contributed by atoms with van der Waals surface area (Å²) < 4.78 is 7.66. The number of aromatic nitrogens is 1. The van der Waals surface area contributed by atoms with Crippen LogP contribution in [0.5, 0.6) is 5.75 Å². The molecule has 1 amide bonds. The lowest BCUT2D eigenvalue weighted by Gasteiger charge is -2.03. The number of nitro benzene ring substituents is 1. The van der Waals surface area contributed by atoms with Crippen molar-refractivity contribution in [3.8, 4) is 18.1 Å². The highest BCUT2D eigenvalue weighted by molar-refractivity contribution is 7.16. The zero-order chi connectivity index (χ0) is 19.4. The SMILES string of the molecule is C#CCn1c(=NC(=O)COc2ccc(Cl)cc2)sc2cc([N+](=O)[O-])ccc21. The molecule has 0 aliphatic heterocycles. The fourth-order valence-electron chi connectivity index (χ4n) is 2.32. The molecular weight excluding hydrogens is 390 g/mol. The van der Waals surface area contributed by atoms with Crippen molar-refractivity contribution in [2.75, 3.05) is 6.61 Å². The van der Waals surface area contributed by atoms with Gasteiger partial charge in [-0.15, -0.1) is 6.42 Å². The van der Waals surface area contributed by atoms with E-state index < -0.39 is 10.8 Å². The highest BCUT2D eigenvalue weighted by Crippen LogP contribution is 2.23. The minimum atomic E-state index is -0.503. The van der Waals surface area contributed by atoms with E-state index in [4.69, 9.17) is 22.8 Å². The first kappa shape index (κ1) is 18.6. The number of hydrogen-bond acceptors (Lipinski definition) is 5. The highest BCUT2D eigenvalue weighted by Gasteiger charge is 2.12. The number of ether oxygens (including phenoxy) is 1. The van der Waals surface area contributed by atoms with Crippen LogP contribution in [0.2, 0.25) is 5.02 Å². The van der Waals surface area contributed by atoms with Crippen LogP contribution >= 0.6 is 22.9 Å². The molecule has 3 aromatic rings. The zero-order valence-electron chi connectivity index (χ0n) is 13.8.